The number of benzene rings is 2. The summed E-state index contributed by atoms with van der Waals surface area (Å²) in [4.78, 5) is 15.1. The van der Waals surface area contributed by atoms with Crippen molar-refractivity contribution >= 4 is 28.9 Å². The molecule has 1 unspecified atom stereocenters. The van der Waals surface area contributed by atoms with Gasteiger partial charge < -0.3 is 24.4 Å². The fourth-order valence-electron chi connectivity index (χ4n) is 3.57. The van der Waals surface area contributed by atoms with E-state index in [-0.39, 0.29) is 12.0 Å². The molecule has 154 valence electrons. The quantitative estimate of drug-likeness (QED) is 0.771. The molecule has 2 saturated heterocycles. The number of morpholine rings is 1. The lowest BCUT2D eigenvalue weighted by Crippen LogP contribution is -2.36. The fraction of sp³-hybridized carbons (Fsp3) is 0.409. The standard InChI is InChI=1S/C22H25ClN2O4/c23-17-6-7-21(25-8-11-27-12-9-25)20(14-17)24-22(26)16-3-1-4-18(13-16)29-15-19-5-2-10-28-19/h1,3-4,6-7,13-14,19H,2,5,8-12,15H2,(H,24,26). The third-order valence-electron chi connectivity index (χ3n) is 5.11. The lowest BCUT2D eigenvalue weighted by Gasteiger charge is -2.30. The molecule has 29 heavy (non-hydrogen) atoms. The van der Waals surface area contributed by atoms with Crippen molar-refractivity contribution in [1.29, 1.82) is 0 Å². The number of hydrogen-bond acceptors (Lipinski definition) is 5. The summed E-state index contributed by atoms with van der Waals surface area (Å²) in [5.74, 6) is 0.456. The summed E-state index contributed by atoms with van der Waals surface area (Å²) in [6.07, 6.45) is 2.22. The van der Waals surface area contributed by atoms with Crippen LogP contribution in [0.25, 0.3) is 0 Å². The Morgan fingerprint density at radius 2 is 2.03 bits per heavy atom. The summed E-state index contributed by atoms with van der Waals surface area (Å²) in [6.45, 7) is 4.18. The van der Waals surface area contributed by atoms with Crippen molar-refractivity contribution < 1.29 is 19.0 Å². The van der Waals surface area contributed by atoms with E-state index in [2.05, 4.69) is 10.2 Å². The number of carbonyl (C=O) groups is 1. The van der Waals surface area contributed by atoms with E-state index in [9.17, 15) is 4.79 Å². The van der Waals surface area contributed by atoms with E-state index in [1.54, 1.807) is 18.2 Å². The van der Waals surface area contributed by atoms with Gasteiger partial charge in [0, 0.05) is 30.3 Å². The first kappa shape index (κ1) is 20.0. The molecule has 0 bridgehead atoms. The Morgan fingerprint density at radius 3 is 2.83 bits per heavy atom. The second-order valence-corrected chi connectivity index (χ2v) is 7.63. The first-order valence-corrected chi connectivity index (χ1v) is 10.3. The minimum atomic E-state index is -0.204. The number of anilines is 2. The fourth-order valence-corrected chi connectivity index (χ4v) is 3.75. The molecule has 4 rings (SSSR count). The number of carbonyl (C=O) groups excluding carboxylic acids is 1. The lowest BCUT2D eigenvalue weighted by atomic mass is 10.1. The zero-order valence-corrected chi connectivity index (χ0v) is 17.0. The van der Waals surface area contributed by atoms with E-state index in [0.717, 1.165) is 38.2 Å². The Hall–Kier alpha value is -2.28. The van der Waals surface area contributed by atoms with Gasteiger partial charge in [-0.3, -0.25) is 4.79 Å². The Kier molecular flexibility index (Phi) is 6.54. The molecule has 0 saturated carbocycles. The summed E-state index contributed by atoms with van der Waals surface area (Å²) in [7, 11) is 0. The van der Waals surface area contributed by atoms with E-state index in [0.29, 0.717) is 41.8 Å². The number of nitrogens with one attached hydrogen (secondary N) is 1. The maximum atomic E-state index is 12.9. The smallest absolute Gasteiger partial charge is 0.255 e. The molecule has 0 aromatic heterocycles. The minimum absolute atomic E-state index is 0.134. The molecule has 2 aliphatic rings. The predicted molar refractivity (Wildman–Crippen MR) is 113 cm³/mol. The van der Waals surface area contributed by atoms with Crippen LogP contribution in [-0.2, 0) is 9.47 Å². The van der Waals surface area contributed by atoms with Crippen molar-refractivity contribution in [2.45, 2.75) is 18.9 Å². The molecular formula is C22H25ClN2O4. The molecule has 1 N–H and O–H groups in total. The van der Waals surface area contributed by atoms with Gasteiger partial charge in [-0.05, 0) is 49.2 Å². The van der Waals surface area contributed by atoms with Gasteiger partial charge in [0.25, 0.3) is 5.91 Å². The van der Waals surface area contributed by atoms with E-state index in [1.165, 1.54) is 0 Å². The predicted octanol–water partition coefficient (Wildman–Crippen LogP) is 3.99. The highest BCUT2D eigenvalue weighted by atomic mass is 35.5. The summed E-state index contributed by atoms with van der Waals surface area (Å²) in [5, 5.41) is 3.58. The highest BCUT2D eigenvalue weighted by Gasteiger charge is 2.18. The third kappa shape index (κ3) is 5.21. The van der Waals surface area contributed by atoms with Crippen LogP contribution in [0, 0.1) is 0 Å². The molecule has 7 heteroatoms. The van der Waals surface area contributed by atoms with Gasteiger partial charge in [0.05, 0.1) is 30.7 Å². The van der Waals surface area contributed by atoms with Gasteiger partial charge in [-0.25, -0.2) is 0 Å². The van der Waals surface area contributed by atoms with Crippen LogP contribution >= 0.6 is 11.6 Å². The summed E-state index contributed by atoms with van der Waals surface area (Å²) >= 11 is 6.19. The summed E-state index contributed by atoms with van der Waals surface area (Å²) in [5.41, 5.74) is 2.16. The topological polar surface area (TPSA) is 60.0 Å². The maximum Gasteiger partial charge on any atom is 0.255 e. The Labute approximate surface area is 175 Å². The van der Waals surface area contributed by atoms with Crippen LogP contribution in [-0.4, -0.2) is 51.5 Å². The highest BCUT2D eigenvalue weighted by Crippen LogP contribution is 2.30. The van der Waals surface area contributed by atoms with Crippen LogP contribution in [0.3, 0.4) is 0 Å². The minimum Gasteiger partial charge on any atom is -0.491 e. The molecular weight excluding hydrogens is 392 g/mol. The van der Waals surface area contributed by atoms with Gasteiger partial charge in [0.2, 0.25) is 0 Å². The molecule has 0 radical (unpaired) electrons. The monoisotopic (exact) mass is 416 g/mol. The molecule has 2 aromatic carbocycles. The van der Waals surface area contributed by atoms with Crippen LogP contribution in [0.2, 0.25) is 5.02 Å². The van der Waals surface area contributed by atoms with Crippen molar-refractivity contribution in [3.8, 4) is 5.75 Å². The van der Waals surface area contributed by atoms with E-state index in [1.807, 2.05) is 24.3 Å². The zero-order valence-electron chi connectivity index (χ0n) is 16.2. The molecule has 1 amide bonds. The molecule has 0 spiro atoms. The first-order chi connectivity index (χ1) is 14.2. The summed E-state index contributed by atoms with van der Waals surface area (Å²) in [6, 6.07) is 12.7. The van der Waals surface area contributed by atoms with Gasteiger partial charge >= 0.3 is 0 Å². The van der Waals surface area contributed by atoms with Crippen molar-refractivity contribution in [2.75, 3.05) is 49.7 Å². The Balaban J connectivity index is 1.46. The number of rotatable bonds is 6. The largest absolute Gasteiger partial charge is 0.491 e. The van der Waals surface area contributed by atoms with Crippen LogP contribution in [0.5, 0.6) is 5.75 Å². The molecule has 1 atom stereocenters. The van der Waals surface area contributed by atoms with Gasteiger partial charge in [0.15, 0.2) is 0 Å². The Bertz CT molecular complexity index is 848. The number of amides is 1. The van der Waals surface area contributed by atoms with Gasteiger partial charge in [0.1, 0.15) is 12.4 Å². The van der Waals surface area contributed by atoms with Gasteiger partial charge in [-0.2, -0.15) is 0 Å². The van der Waals surface area contributed by atoms with Crippen LogP contribution in [0.15, 0.2) is 42.5 Å². The van der Waals surface area contributed by atoms with Crippen molar-refractivity contribution in [3.63, 3.8) is 0 Å². The van der Waals surface area contributed by atoms with Crippen LogP contribution in [0.4, 0.5) is 11.4 Å². The lowest BCUT2D eigenvalue weighted by molar-refractivity contribution is 0.0679. The van der Waals surface area contributed by atoms with E-state index in [4.69, 9.17) is 25.8 Å². The second-order valence-electron chi connectivity index (χ2n) is 7.19. The van der Waals surface area contributed by atoms with Gasteiger partial charge in [-0.15, -0.1) is 0 Å². The normalized spacial score (nSPS) is 19.2. The molecule has 2 heterocycles. The van der Waals surface area contributed by atoms with E-state index < -0.39 is 0 Å². The maximum absolute atomic E-state index is 12.9. The number of ether oxygens (including phenoxy) is 3. The molecule has 6 nitrogen and oxygen atoms in total. The summed E-state index contributed by atoms with van der Waals surface area (Å²) < 4.78 is 16.8. The highest BCUT2D eigenvalue weighted by molar-refractivity contribution is 6.31. The SMILES string of the molecule is O=C(Nc1cc(Cl)ccc1N1CCOCC1)c1cccc(OCC2CCCO2)c1. The van der Waals surface area contributed by atoms with Crippen molar-refractivity contribution in [1.82, 2.24) is 0 Å². The van der Waals surface area contributed by atoms with E-state index >= 15 is 0 Å². The average Bonchev–Trinajstić information content (AvgIpc) is 3.27. The molecule has 2 aromatic rings. The number of hydrogen-bond donors (Lipinski definition) is 1. The number of nitrogens with zero attached hydrogens (tertiary/aromatic N) is 1. The molecule has 2 fully saturated rings. The molecule has 0 aliphatic carbocycles. The van der Waals surface area contributed by atoms with Crippen LogP contribution in [0.1, 0.15) is 23.2 Å². The Morgan fingerprint density at radius 1 is 1.17 bits per heavy atom. The first-order valence-electron chi connectivity index (χ1n) is 9.97. The van der Waals surface area contributed by atoms with Crippen LogP contribution < -0.4 is 15.0 Å². The van der Waals surface area contributed by atoms with Crippen molar-refractivity contribution in [3.05, 3.63) is 53.1 Å². The van der Waals surface area contributed by atoms with Crippen molar-refractivity contribution in [2.24, 2.45) is 0 Å². The van der Waals surface area contributed by atoms with Gasteiger partial charge in [-0.1, -0.05) is 17.7 Å². The zero-order chi connectivity index (χ0) is 20.1. The average molecular weight is 417 g/mol. The molecule has 2 aliphatic heterocycles. The number of halogens is 1. The second kappa shape index (κ2) is 9.48. The third-order valence-corrected chi connectivity index (χ3v) is 5.35.